The molecule has 28 heavy (non-hydrogen) atoms. The normalized spacial score (nSPS) is 24.0. The van der Waals surface area contributed by atoms with Crippen molar-refractivity contribution >= 4 is 23.3 Å². The molecule has 9 nitrogen and oxygen atoms in total. The van der Waals surface area contributed by atoms with Crippen LogP contribution in [0.5, 0.6) is 0 Å². The second-order valence-electron chi connectivity index (χ2n) is 7.09. The van der Waals surface area contributed by atoms with Gasteiger partial charge in [0, 0.05) is 51.4 Å². The second-order valence-corrected chi connectivity index (χ2v) is 7.09. The number of pyridine rings is 1. The van der Waals surface area contributed by atoms with E-state index in [-0.39, 0.29) is 0 Å². The number of hydrogen-bond acceptors (Lipinski definition) is 7. The summed E-state index contributed by atoms with van der Waals surface area (Å²) in [6, 6.07) is 2.30. The molecule has 3 N–H and O–H groups in total. The van der Waals surface area contributed by atoms with Gasteiger partial charge >= 0.3 is 11.9 Å². The predicted octanol–water partition coefficient (Wildman–Crippen LogP) is 0.286. The van der Waals surface area contributed by atoms with E-state index in [9.17, 15) is 9.59 Å². The maximum Gasteiger partial charge on any atom is 0.328 e. The van der Waals surface area contributed by atoms with Gasteiger partial charge in [-0.2, -0.15) is 0 Å². The first-order valence-electron chi connectivity index (χ1n) is 9.40. The highest BCUT2D eigenvalue weighted by Gasteiger charge is 2.36. The van der Waals surface area contributed by atoms with E-state index >= 15 is 0 Å². The average molecular weight is 390 g/mol. The number of hydrogen-bond donors (Lipinski definition) is 3. The van der Waals surface area contributed by atoms with Crippen molar-refractivity contribution in [2.45, 2.75) is 0 Å². The van der Waals surface area contributed by atoms with Crippen LogP contribution >= 0.6 is 0 Å². The van der Waals surface area contributed by atoms with E-state index in [1.807, 2.05) is 12.4 Å². The smallest absolute Gasteiger partial charge is 0.328 e. The molecule has 0 spiro atoms. The Hall–Kier alpha value is -2.65. The number of fused-ring (bicyclic) bond motifs is 1. The fourth-order valence-electron chi connectivity index (χ4n) is 3.79. The van der Waals surface area contributed by atoms with E-state index in [0.717, 1.165) is 38.1 Å². The molecule has 3 fully saturated rings. The molecule has 1 aromatic heterocycles. The van der Waals surface area contributed by atoms with Crippen LogP contribution in [0.2, 0.25) is 0 Å². The molecule has 9 heteroatoms. The minimum absolute atomic E-state index is 0.558. The molecule has 4 heterocycles. The lowest BCUT2D eigenvalue weighted by Crippen LogP contribution is -2.36. The van der Waals surface area contributed by atoms with E-state index in [0.29, 0.717) is 12.2 Å². The van der Waals surface area contributed by atoms with Gasteiger partial charge < -0.3 is 30.1 Å². The van der Waals surface area contributed by atoms with Crippen molar-refractivity contribution in [2.75, 3.05) is 62.3 Å². The van der Waals surface area contributed by atoms with Gasteiger partial charge in [-0.05, 0) is 17.9 Å². The molecule has 0 aromatic carbocycles. The number of aliphatic carboxylic acids is 2. The Balaban J connectivity index is 0.000000242. The summed E-state index contributed by atoms with van der Waals surface area (Å²) in [5.74, 6) is -0.871. The zero-order valence-corrected chi connectivity index (χ0v) is 15.7. The Bertz CT molecular complexity index is 692. The summed E-state index contributed by atoms with van der Waals surface area (Å²) in [4.78, 5) is 28.4. The summed E-state index contributed by atoms with van der Waals surface area (Å²) in [7, 11) is 0. The number of ether oxygens (including phenoxy) is 1. The summed E-state index contributed by atoms with van der Waals surface area (Å²) >= 11 is 0. The molecule has 4 rings (SSSR count). The number of nitrogens with zero attached hydrogens (tertiary/aromatic N) is 3. The van der Waals surface area contributed by atoms with Crippen molar-refractivity contribution in [3.05, 3.63) is 30.6 Å². The van der Waals surface area contributed by atoms with E-state index in [1.165, 1.54) is 37.6 Å². The van der Waals surface area contributed by atoms with E-state index in [1.54, 1.807) is 0 Å². The van der Waals surface area contributed by atoms with Gasteiger partial charge in [-0.3, -0.25) is 4.98 Å². The first-order chi connectivity index (χ1) is 13.5. The lowest BCUT2D eigenvalue weighted by molar-refractivity contribution is -0.134. The molecule has 0 bridgehead atoms. The highest BCUT2D eigenvalue weighted by molar-refractivity contribution is 5.89. The molecular weight excluding hydrogens is 364 g/mol. The SMILES string of the molecule is O=C(O)/C=C/C(=O)O.c1ncc(N2C[C@H]3CNC[C@H]3C2)cc1N1CCOCC1. The van der Waals surface area contributed by atoms with Crippen LogP contribution in [0.3, 0.4) is 0 Å². The summed E-state index contributed by atoms with van der Waals surface area (Å²) in [6.07, 6.45) is 5.11. The van der Waals surface area contributed by atoms with Crippen LogP contribution in [-0.4, -0.2) is 79.6 Å². The number of carboxylic acids is 2. The summed E-state index contributed by atoms with van der Waals surface area (Å²) in [5.41, 5.74) is 2.52. The topological polar surface area (TPSA) is 115 Å². The molecule has 1 aromatic rings. The Morgan fingerprint density at radius 3 is 2.07 bits per heavy atom. The zero-order chi connectivity index (χ0) is 19.9. The number of morpholine rings is 1. The third-order valence-corrected chi connectivity index (χ3v) is 5.21. The van der Waals surface area contributed by atoms with Gasteiger partial charge in [0.05, 0.1) is 37.0 Å². The van der Waals surface area contributed by atoms with Gasteiger partial charge in [0.2, 0.25) is 0 Å². The maximum atomic E-state index is 9.55. The Morgan fingerprint density at radius 2 is 1.54 bits per heavy atom. The highest BCUT2D eigenvalue weighted by atomic mass is 16.5. The van der Waals surface area contributed by atoms with Crippen molar-refractivity contribution in [3.8, 4) is 0 Å². The van der Waals surface area contributed by atoms with Crippen LogP contribution in [0.25, 0.3) is 0 Å². The van der Waals surface area contributed by atoms with E-state index in [4.69, 9.17) is 14.9 Å². The second kappa shape index (κ2) is 9.52. The highest BCUT2D eigenvalue weighted by Crippen LogP contribution is 2.31. The molecular formula is C19H26N4O5. The van der Waals surface area contributed by atoms with Crippen LogP contribution in [0, 0.1) is 11.8 Å². The molecule has 152 valence electrons. The lowest BCUT2D eigenvalue weighted by atomic mass is 10.0. The quantitative estimate of drug-likeness (QED) is 0.624. The fourth-order valence-corrected chi connectivity index (χ4v) is 3.79. The largest absolute Gasteiger partial charge is 0.478 e. The van der Waals surface area contributed by atoms with Crippen LogP contribution in [0.4, 0.5) is 11.4 Å². The zero-order valence-electron chi connectivity index (χ0n) is 15.7. The first-order valence-corrected chi connectivity index (χ1v) is 9.40. The molecule has 3 aliphatic rings. The minimum atomic E-state index is -1.26. The molecule has 0 saturated carbocycles. The van der Waals surface area contributed by atoms with E-state index < -0.39 is 11.9 Å². The van der Waals surface area contributed by atoms with Crippen LogP contribution in [0.1, 0.15) is 0 Å². The van der Waals surface area contributed by atoms with Gasteiger partial charge in [0.25, 0.3) is 0 Å². The van der Waals surface area contributed by atoms with Gasteiger partial charge in [-0.25, -0.2) is 9.59 Å². The Morgan fingerprint density at radius 1 is 1.00 bits per heavy atom. The van der Waals surface area contributed by atoms with Crippen LogP contribution in [0.15, 0.2) is 30.6 Å². The van der Waals surface area contributed by atoms with Crippen molar-refractivity contribution < 1.29 is 24.5 Å². The molecule has 3 saturated heterocycles. The van der Waals surface area contributed by atoms with Crippen molar-refractivity contribution in [3.63, 3.8) is 0 Å². The molecule has 3 aliphatic heterocycles. The molecule has 0 amide bonds. The number of carboxylic acid groups (broad SMARTS) is 2. The number of anilines is 2. The summed E-state index contributed by atoms with van der Waals surface area (Å²) in [6.45, 7) is 8.29. The van der Waals surface area contributed by atoms with Gasteiger partial charge in [-0.1, -0.05) is 0 Å². The lowest BCUT2D eigenvalue weighted by Gasteiger charge is -2.29. The molecule has 0 aliphatic carbocycles. The Kier molecular flexibility index (Phi) is 6.83. The number of aromatic nitrogens is 1. The predicted molar refractivity (Wildman–Crippen MR) is 104 cm³/mol. The fraction of sp³-hybridized carbons (Fsp3) is 0.526. The van der Waals surface area contributed by atoms with Crippen molar-refractivity contribution in [2.24, 2.45) is 11.8 Å². The average Bonchev–Trinajstić information content (AvgIpc) is 3.30. The number of rotatable bonds is 4. The monoisotopic (exact) mass is 390 g/mol. The molecule has 2 atom stereocenters. The van der Waals surface area contributed by atoms with Crippen molar-refractivity contribution in [1.29, 1.82) is 0 Å². The summed E-state index contributed by atoms with van der Waals surface area (Å²) < 4.78 is 5.42. The third kappa shape index (κ3) is 5.43. The summed E-state index contributed by atoms with van der Waals surface area (Å²) in [5, 5.41) is 19.1. The minimum Gasteiger partial charge on any atom is -0.478 e. The number of nitrogens with one attached hydrogen (secondary N) is 1. The Labute approximate surface area is 163 Å². The first kappa shape index (κ1) is 20.1. The van der Waals surface area contributed by atoms with Crippen LogP contribution < -0.4 is 15.1 Å². The third-order valence-electron chi connectivity index (χ3n) is 5.21. The molecule has 0 unspecified atom stereocenters. The van der Waals surface area contributed by atoms with Gasteiger partial charge in [0.15, 0.2) is 0 Å². The maximum absolute atomic E-state index is 9.55. The van der Waals surface area contributed by atoms with Crippen LogP contribution in [-0.2, 0) is 14.3 Å². The van der Waals surface area contributed by atoms with E-state index in [2.05, 4.69) is 26.2 Å². The standard InChI is InChI=1S/C15H22N4O.C4H4O4/c1-3-20-4-2-18(1)14-5-15(9-17-8-14)19-10-12-6-16-7-13(12)11-19;5-3(6)1-2-4(7)8/h5,8-9,12-13,16H,1-4,6-7,10-11H2;1-2H,(H,5,6)(H,7,8)/b;2-1+/t12-,13+;. The van der Waals surface area contributed by atoms with Crippen molar-refractivity contribution in [1.82, 2.24) is 10.3 Å². The number of carbonyl (C=O) groups is 2. The van der Waals surface area contributed by atoms with Gasteiger partial charge in [0.1, 0.15) is 0 Å². The molecule has 0 radical (unpaired) electrons. The van der Waals surface area contributed by atoms with Gasteiger partial charge in [-0.15, -0.1) is 0 Å².